The first-order valence-corrected chi connectivity index (χ1v) is 11.0. The Hall–Kier alpha value is -2.34. The number of thiophene rings is 1. The Labute approximate surface area is 171 Å². The number of hydrogen-bond acceptors (Lipinski definition) is 7. The SMILES string of the molecule is CCN(CC)S(=O)(=O)c1cc(NC(=O)c2sccc2-n2cnnn2)ccc1Cl. The number of aromatic nitrogens is 4. The minimum atomic E-state index is -3.77. The Bertz CT molecular complexity index is 1080. The Morgan fingerprint density at radius 3 is 2.68 bits per heavy atom. The molecule has 0 fully saturated rings. The van der Waals surface area contributed by atoms with Crippen molar-refractivity contribution in [1.29, 1.82) is 0 Å². The number of rotatable bonds is 7. The van der Waals surface area contributed by atoms with Gasteiger partial charge in [0.05, 0.1) is 10.7 Å². The van der Waals surface area contributed by atoms with Gasteiger partial charge in [0.25, 0.3) is 5.91 Å². The molecule has 0 aliphatic heterocycles. The molecule has 0 radical (unpaired) electrons. The molecule has 12 heteroatoms. The number of nitrogens with one attached hydrogen (secondary N) is 1. The first-order valence-electron chi connectivity index (χ1n) is 8.30. The van der Waals surface area contributed by atoms with Crippen LogP contribution in [0.1, 0.15) is 23.5 Å². The van der Waals surface area contributed by atoms with Crippen LogP contribution in [-0.2, 0) is 10.0 Å². The third kappa shape index (κ3) is 3.92. The van der Waals surface area contributed by atoms with Gasteiger partial charge < -0.3 is 5.32 Å². The van der Waals surface area contributed by atoms with Crippen LogP contribution >= 0.6 is 22.9 Å². The van der Waals surface area contributed by atoms with Crippen LogP contribution in [0.15, 0.2) is 40.9 Å². The molecular weight excluding hydrogens is 424 g/mol. The van der Waals surface area contributed by atoms with Crippen LogP contribution in [0.4, 0.5) is 5.69 Å². The number of amides is 1. The zero-order chi connectivity index (χ0) is 20.3. The summed E-state index contributed by atoms with van der Waals surface area (Å²) in [4.78, 5) is 13.0. The summed E-state index contributed by atoms with van der Waals surface area (Å²) in [6.45, 7) is 4.13. The molecule has 0 saturated carbocycles. The van der Waals surface area contributed by atoms with Crippen LogP contribution in [0, 0.1) is 0 Å². The average molecular weight is 441 g/mol. The minimum absolute atomic E-state index is 0.0532. The highest BCUT2D eigenvalue weighted by molar-refractivity contribution is 7.89. The van der Waals surface area contributed by atoms with E-state index in [1.54, 1.807) is 31.4 Å². The fraction of sp³-hybridized carbons (Fsp3) is 0.250. The molecule has 148 valence electrons. The lowest BCUT2D eigenvalue weighted by Gasteiger charge is -2.19. The molecule has 28 heavy (non-hydrogen) atoms. The highest BCUT2D eigenvalue weighted by atomic mass is 35.5. The first-order chi connectivity index (χ1) is 13.4. The minimum Gasteiger partial charge on any atom is -0.321 e. The van der Waals surface area contributed by atoms with Gasteiger partial charge in [0.1, 0.15) is 16.1 Å². The maximum Gasteiger partial charge on any atom is 0.267 e. The van der Waals surface area contributed by atoms with Crippen molar-refractivity contribution in [3.8, 4) is 5.69 Å². The van der Waals surface area contributed by atoms with Gasteiger partial charge in [0.15, 0.2) is 0 Å². The fourth-order valence-corrected chi connectivity index (χ4v) is 5.33. The Kier molecular flexibility index (Phi) is 6.08. The zero-order valence-corrected chi connectivity index (χ0v) is 17.4. The number of halogens is 1. The van der Waals surface area contributed by atoms with E-state index in [2.05, 4.69) is 20.8 Å². The topological polar surface area (TPSA) is 110 Å². The number of hydrogen-bond donors (Lipinski definition) is 1. The number of benzene rings is 1. The van der Waals surface area contributed by atoms with Crippen LogP contribution in [0.5, 0.6) is 0 Å². The number of anilines is 1. The molecule has 1 N–H and O–H groups in total. The van der Waals surface area contributed by atoms with Crippen LogP contribution in [0.2, 0.25) is 5.02 Å². The largest absolute Gasteiger partial charge is 0.321 e. The molecule has 0 spiro atoms. The Morgan fingerprint density at radius 1 is 1.29 bits per heavy atom. The van der Waals surface area contributed by atoms with E-state index in [0.717, 1.165) is 0 Å². The highest BCUT2D eigenvalue weighted by Crippen LogP contribution is 2.29. The lowest BCUT2D eigenvalue weighted by molar-refractivity contribution is 0.103. The smallest absolute Gasteiger partial charge is 0.267 e. The molecule has 0 bridgehead atoms. The zero-order valence-electron chi connectivity index (χ0n) is 15.0. The van der Waals surface area contributed by atoms with Gasteiger partial charge in [-0.15, -0.1) is 16.4 Å². The van der Waals surface area contributed by atoms with E-state index in [1.165, 1.54) is 38.8 Å². The van der Waals surface area contributed by atoms with Crippen LogP contribution in [0.25, 0.3) is 5.69 Å². The van der Waals surface area contributed by atoms with Crippen molar-refractivity contribution in [1.82, 2.24) is 24.5 Å². The molecule has 2 heterocycles. The molecule has 0 atom stereocenters. The Morgan fingerprint density at radius 2 is 2.04 bits per heavy atom. The van der Waals surface area contributed by atoms with Crippen molar-refractivity contribution in [3.63, 3.8) is 0 Å². The summed E-state index contributed by atoms with van der Waals surface area (Å²) in [5.41, 5.74) is 0.841. The molecule has 2 aromatic heterocycles. The number of sulfonamides is 1. The lowest BCUT2D eigenvalue weighted by atomic mass is 10.3. The molecular formula is C16H17ClN6O3S2. The summed E-state index contributed by atoms with van der Waals surface area (Å²) in [5, 5.41) is 15.5. The molecule has 1 aromatic carbocycles. The van der Waals surface area contributed by atoms with Gasteiger partial charge in [-0.25, -0.2) is 8.42 Å². The summed E-state index contributed by atoms with van der Waals surface area (Å²) in [6, 6.07) is 6.07. The van der Waals surface area contributed by atoms with Gasteiger partial charge in [-0.1, -0.05) is 25.4 Å². The van der Waals surface area contributed by atoms with E-state index in [4.69, 9.17) is 11.6 Å². The van der Waals surface area contributed by atoms with E-state index in [0.29, 0.717) is 29.3 Å². The summed E-state index contributed by atoms with van der Waals surface area (Å²) < 4.78 is 28.3. The molecule has 0 unspecified atom stereocenters. The van der Waals surface area contributed by atoms with E-state index in [-0.39, 0.29) is 9.92 Å². The lowest BCUT2D eigenvalue weighted by Crippen LogP contribution is -2.30. The second-order valence-corrected chi connectivity index (χ2v) is 8.81. The predicted octanol–water partition coefficient (Wildman–Crippen LogP) is 2.66. The number of nitrogens with zero attached hydrogens (tertiary/aromatic N) is 5. The van der Waals surface area contributed by atoms with E-state index >= 15 is 0 Å². The fourth-order valence-electron chi connectivity index (χ4n) is 2.59. The highest BCUT2D eigenvalue weighted by Gasteiger charge is 2.25. The second kappa shape index (κ2) is 8.35. The molecule has 0 aliphatic carbocycles. The van der Waals surface area contributed by atoms with Crippen LogP contribution in [-0.4, -0.2) is 51.9 Å². The first kappa shape index (κ1) is 20.4. The van der Waals surface area contributed by atoms with Gasteiger partial charge in [0, 0.05) is 18.8 Å². The van der Waals surface area contributed by atoms with Crippen LogP contribution in [0.3, 0.4) is 0 Å². The van der Waals surface area contributed by atoms with Crippen molar-refractivity contribution in [2.24, 2.45) is 0 Å². The normalized spacial score (nSPS) is 11.7. The summed E-state index contributed by atoms with van der Waals surface area (Å²) >= 11 is 7.34. The number of tetrazole rings is 1. The Balaban J connectivity index is 1.91. The quantitative estimate of drug-likeness (QED) is 0.604. The maximum atomic E-state index is 12.8. The summed E-state index contributed by atoms with van der Waals surface area (Å²) in [5.74, 6) is -0.408. The predicted molar refractivity (Wildman–Crippen MR) is 107 cm³/mol. The maximum absolute atomic E-state index is 12.8. The standard InChI is InChI=1S/C16H17ClN6O3S2/c1-3-22(4-2)28(25,26)14-9-11(5-6-12(14)17)19-16(24)15-13(7-8-27-15)23-10-18-20-21-23/h5-10H,3-4H2,1-2H3,(H,19,24). The van der Waals surface area contributed by atoms with Gasteiger partial charge in [-0.3, -0.25) is 4.79 Å². The number of carbonyl (C=O) groups excluding carboxylic acids is 1. The molecule has 3 aromatic rings. The molecule has 1 amide bonds. The third-order valence-corrected chi connectivity index (χ3v) is 7.39. The van der Waals surface area contributed by atoms with E-state index in [9.17, 15) is 13.2 Å². The summed E-state index contributed by atoms with van der Waals surface area (Å²) in [7, 11) is -3.77. The number of carbonyl (C=O) groups is 1. The van der Waals surface area contributed by atoms with Gasteiger partial charge in [-0.2, -0.15) is 8.99 Å². The van der Waals surface area contributed by atoms with Crippen molar-refractivity contribution >= 4 is 44.6 Å². The molecule has 0 aliphatic rings. The summed E-state index contributed by atoms with van der Waals surface area (Å²) in [6.07, 6.45) is 1.38. The average Bonchev–Trinajstić information content (AvgIpc) is 3.35. The van der Waals surface area contributed by atoms with Crippen molar-refractivity contribution in [2.45, 2.75) is 18.7 Å². The molecule has 3 rings (SSSR count). The second-order valence-electron chi connectivity index (χ2n) is 5.58. The van der Waals surface area contributed by atoms with Crippen molar-refractivity contribution in [3.05, 3.63) is 45.9 Å². The van der Waals surface area contributed by atoms with Gasteiger partial charge >= 0.3 is 0 Å². The van der Waals surface area contributed by atoms with Gasteiger partial charge in [0.2, 0.25) is 10.0 Å². The van der Waals surface area contributed by atoms with Crippen LogP contribution < -0.4 is 5.32 Å². The van der Waals surface area contributed by atoms with Crippen molar-refractivity contribution < 1.29 is 13.2 Å². The van der Waals surface area contributed by atoms with E-state index in [1.807, 2.05) is 0 Å². The molecule has 0 saturated heterocycles. The van der Waals surface area contributed by atoms with Crippen molar-refractivity contribution in [2.75, 3.05) is 18.4 Å². The third-order valence-electron chi connectivity index (χ3n) is 3.96. The molecule has 9 nitrogen and oxygen atoms in total. The van der Waals surface area contributed by atoms with E-state index < -0.39 is 15.9 Å². The monoisotopic (exact) mass is 440 g/mol. The van der Waals surface area contributed by atoms with Gasteiger partial charge in [-0.05, 0) is 40.1 Å².